The van der Waals surface area contributed by atoms with Crippen molar-refractivity contribution in [2.75, 3.05) is 0 Å². The standard InChI is InChI=1S/C26H20F2Ge/c27-25(21-13-5-1-6-14-21)26(28)29(22-15-7-2-8-16-22,23-17-9-3-10-18-23)24-19-11-4-12-20-24/h1-20H. The van der Waals surface area contributed by atoms with E-state index < -0.39 is 23.8 Å². The summed E-state index contributed by atoms with van der Waals surface area (Å²) in [5, 5.41) is 0. The summed E-state index contributed by atoms with van der Waals surface area (Å²) in [6.45, 7) is 0. The average Bonchev–Trinajstić information content (AvgIpc) is 2.82. The molecule has 0 radical (unpaired) electrons. The molecular weight excluding hydrogens is 423 g/mol. The minimum atomic E-state index is -4.15. The fourth-order valence-corrected chi connectivity index (χ4v) is 12.9. The fourth-order valence-electron chi connectivity index (χ4n) is 3.82. The van der Waals surface area contributed by atoms with Crippen LogP contribution in [0.15, 0.2) is 126 Å². The predicted molar refractivity (Wildman–Crippen MR) is 120 cm³/mol. The first kappa shape index (κ1) is 19.3. The summed E-state index contributed by atoms with van der Waals surface area (Å²) in [6, 6.07) is 37.2. The van der Waals surface area contributed by atoms with Crippen LogP contribution in [0.4, 0.5) is 8.78 Å². The second-order valence-electron chi connectivity index (χ2n) is 6.84. The van der Waals surface area contributed by atoms with Crippen molar-refractivity contribution in [2.24, 2.45) is 0 Å². The molecule has 3 heteroatoms. The van der Waals surface area contributed by atoms with Crippen LogP contribution >= 0.6 is 0 Å². The van der Waals surface area contributed by atoms with Crippen molar-refractivity contribution in [3.8, 4) is 0 Å². The van der Waals surface area contributed by atoms with E-state index in [9.17, 15) is 0 Å². The van der Waals surface area contributed by atoms with Gasteiger partial charge < -0.3 is 0 Å². The molecule has 0 aromatic heterocycles. The molecule has 0 atom stereocenters. The van der Waals surface area contributed by atoms with E-state index >= 15 is 8.78 Å². The molecule has 0 N–H and O–H groups in total. The van der Waals surface area contributed by atoms with Crippen molar-refractivity contribution >= 4 is 32.3 Å². The second kappa shape index (κ2) is 8.58. The maximum absolute atomic E-state index is 16.4. The molecule has 4 rings (SSSR count). The van der Waals surface area contributed by atoms with Gasteiger partial charge in [0.15, 0.2) is 0 Å². The van der Waals surface area contributed by atoms with E-state index in [1.54, 1.807) is 30.3 Å². The molecule has 0 spiro atoms. The third-order valence-corrected chi connectivity index (χ3v) is 14.6. The number of benzene rings is 4. The van der Waals surface area contributed by atoms with Gasteiger partial charge in [0.1, 0.15) is 0 Å². The normalized spacial score (nSPS) is 12.3. The van der Waals surface area contributed by atoms with E-state index in [1.165, 1.54) is 0 Å². The van der Waals surface area contributed by atoms with Crippen molar-refractivity contribution in [3.05, 3.63) is 132 Å². The van der Waals surface area contributed by atoms with Crippen molar-refractivity contribution in [2.45, 2.75) is 0 Å². The van der Waals surface area contributed by atoms with Gasteiger partial charge in [-0.05, 0) is 0 Å². The van der Waals surface area contributed by atoms with Crippen LogP contribution in [-0.2, 0) is 0 Å². The Balaban J connectivity index is 2.11. The molecule has 0 unspecified atom stereocenters. The number of hydrogen-bond donors (Lipinski definition) is 0. The molecule has 0 aliphatic carbocycles. The molecule has 0 aliphatic heterocycles. The van der Waals surface area contributed by atoms with Crippen LogP contribution in [0.3, 0.4) is 0 Å². The van der Waals surface area contributed by atoms with Crippen LogP contribution in [0.25, 0.3) is 5.83 Å². The van der Waals surface area contributed by atoms with Crippen LogP contribution in [0.1, 0.15) is 5.56 Å². The van der Waals surface area contributed by atoms with Crippen LogP contribution in [0.2, 0.25) is 0 Å². The number of rotatable bonds is 5. The second-order valence-corrected chi connectivity index (χ2v) is 14.5. The average molecular weight is 443 g/mol. The van der Waals surface area contributed by atoms with Gasteiger partial charge in [-0.15, -0.1) is 0 Å². The third kappa shape index (κ3) is 3.56. The molecular formula is C26H20F2Ge. The zero-order chi connectivity index (χ0) is 20.1. The Morgan fingerprint density at radius 3 is 1.10 bits per heavy atom. The van der Waals surface area contributed by atoms with E-state index in [4.69, 9.17) is 0 Å². The number of halogens is 2. The Hall–Kier alpha value is -2.98. The third-order valence-electron chi connectivity index (χ3n) is 5.17. The summed E-state index contributed by atoms with van der Waals surface area (Å²) >= 11 is -4.15. The SMILES string of the molecule is FC(=[C](F)[Ge]([c]1ccccc1)([c]1ccccc1)[c]1ccccc1)c1ccccc1. The van der Waals surface area contributed by atoms with Gasteiger partial charge in [0.25, 0.3) is 0 Å². The topological polar surface area (TPSA) is 0 Å². The van der Waals surface area contributed by atoms with E-state index in [0.29, 0.717) is 0 Å². The van der Waals surface area contributed by atoms with Crippen molar-refractivity contribution in [1.29, 1.82) is 0 Å². The van der Waals surface area contributed by atoms with Crippen LogP contribution < -0.4 is 13.2 Å². The molecule has 0 amide bonds. The predicted octanol–water partition coefficient (Wildman–Crippen LogP) is 5.00. The van der Waals surface area contributed by atoms with E-state index in [-0.39, 0.29) is 5.56 Å². The summed E-state index contributed by atoms with van der Waals surface area (Å²) < 4.78 is 34.0. The molecule has 29 heavy (non-hydrogen) atoms. The molecule has 4 aromatic rings. The first-order valence-corrected chi connectivity index (χ1v) is 13.7. The first-order valence-electron chi connectivity index (χ1n) is 9.52. The molecule has 0 fully saturated rings. The molecule has 0 bridgehead atoms. The molecule has 0 heterocycles. The van der Waals surface area contributed by atoms with Crippen molar-refractivity contribution in [3.63, 3.8) is 0 Å². The van der Waals surface area contributed by atoms with E-state index in [1.807, 2.05) is 91.0 Å². The van der Waals surface area contributed by atoms with Crippen molar-refractivity contribution in [1.82, 2.24) is 0 Å². The van der Waals surface area contributed by atoms with Gasteiger partial charge in [0, 0.05) is 0 Å². The van der Waals surface area contributed by atoms with Crippen LogP contribution in [-0.4, -0.2) is 13.3 Å². The van der Waals surface area contributed by atoms with Crippen LogP contribution in [0.5, 0.6) is 0 Å². The molecule has 0 saturated carbocycles. The summed E-state index contributed by atoms with van der Waals surface area (Å²) in [7, 11) is 0. The maximum atomic E-state index is 16.4. The van der Waals surface area contributed by atoms with E-state index in [2.05, 4.69) is 0 Å². The summed E-state index contributed by atoms with van der Waals surface area (Å²) in [5.41, 5.74) is 0.266. The zero-order valence-electron chi connectivity index (χ0n) is 15.8. The zero-order valence-corrected chi connectivity index (χ0v) is 17.9. The Kier molecular flexibility index (Phi) is 5.72. The quantitative estimate of drug-likeness (QED) is 0.381. The van der Waals surface area contributed by atoms with Gasteiger partial charge in [-0.25, -0.2) is 0 Å². The monoisotopic (exact) mass is 444 g/mol. The Labute approximate surface area is 172 Å². The number of hydrogen-bond acceptors (Lipinski definition) is 0. The van der Waals surface area contributed by atoms with Gasteiger partial charge in [-0.3, -0.25) is 0 Å². The van der Waals surface area contributed by atoms with Gasteiger partial charge >= 0.3 is 173 Å². The molecule has 142 valence electrons. The fraction of sp³-hybridized carbons (Fsp3) is 0. The van der Waals surface area contributed by atoms with Crippen LogP contribution in [0, 0.1) is 0 Å². The van der Waals surface area contributed by atoms with Gasteiger partial charge in [0.2, 0.25) is 0 Å². The molecule has 0 nitrogen and oxygen atoms in total. The Morgan fingerprint density at radius 1 is 0.448 bits per heavy atom. The Bertz CT molecular complexity index is 996. The minimum absolute atomic E-state index is 0.266. The van der Waals surface area contributed by atoms with Gasteiger partial charge in [0.05, 0.1) is 0 Å². The van der Waals surface area contributed by atoms with Gasteiger partial charge in [-0.1, -0.05) is 0 Å². The summed E-state index contributed by atoms with van der Waals surface area (Å²) in [5.74, 6) is -0.776. The molecule has 0 aliphatic rings. The van der Waals surface area contributed by atoms with E-state index in [0.717, 1.165) is 13.2 Å². The molecule has 4 aromatic carbocycles. The first-order chi connectivity index (χ1) is 14.2. The molecule has 0 saturated heterocycles. The van der Waals surface area contributed by atoms with Crippen molar-refractivity contribution < 1.29 is 8.78 Å². The summed E-state index contributed by atoms with van der Waals surface area (Å²) in [6.07, 6.45) is 0. The Morgan fingerprint density at radius 2 is 0.759 bits per heavy atom. The van der Waals surface area contributed by atoms with Gasteiger partial charge in [-0.2, -0.15) is 0 Å². The summed E-state index contributed by atoms with van der Waals surface area (Å²) in [4.78, 5) is 0.